The molecular formula is C22H22N4O3. The van der Waals surface area contributed by atoms with Crippen molar-refractivity contribution in [2.24, 2.45) is 0 Å². The fraction of sp³-hybridized carbons (Fsp3) is 0.318. The molecule has 2 aromatic heterocycles. The van der Waals surface area contributed by atoms with Gasteiger partial charge in [0, 0.05) is 43.2 Å². The molecule has 7 heteroatoms. The van der Waals surface area contributed by atoms with E-state index in [9.17, 15) is 5.11 Å². The lowest BCUT2D eigenvalue weighted by Crippen LogP contribution is -2.42. The van der Waals surface area contributed by atoms with Gasteiger partial charge in [-0.2, -0.15) is 0 Å². The minimum Gasteiger partial charge on any atom is -0.454 e. The summed E-state index contributed by atoms with van der Waals surface area (Å²) >= 11 is 0. The zero-order valence-electron chi connectivity index (χ0n) is 15.9. The first-order valence-corrected chi connectivity index (χ1v) is 9.78. The average molecular weight is 390 g/mol. The maximum atomic E-state index is 10.8. The van der Waals surface area contributed by atoms with Crippen LogP contribution in [0.3, 0.4) is 0 Å². The predicted molar refractivity (Wildman–Crippen MR) is 106 cm³/mol. The highest BCUT2D eigenvalue weighted by Crippen LogP contribution is 2.37. The van der Waals surface area contributed by atoms with Crippen LogP contribution in [0.5, 0.6) is 11.5 Å². The average Bonchev–Trinajstić information content (AvgIpc) is 3.23. The zero-order valence-corrected chi connectivity index (χ0v) is 15.9. The summed E-state index contributed by atoms with van der Waals surface area (Å²) in [7, 11) is 0. The molecule has 2 atom stereocenters. The van der Waals surface area contributed by atoms with E-state index in [1.165, 1.54) is 0 Å². The molecule has 7 nitrogen and oxygen atoms in total. The van der Waals surface area contributed by atoms with Crippen molar-refractivity contribution < 1.29 is 14.6 Å². The van der Waals surface area contributed by atoms with Gasteiger partial charge in [-0.1, -0.05) is 12.1 Å². The number of rotatable bonds is 4. The number of fused-ring (bicyclic) bond motifs is 1. The first-order chi connectivity index (χ1) is 14.3. The van der Waals surface area contributed by atoms with Gasteiger partial charge in [0.05, 0.1) is 6.10 Å². The van der Waals surface area contributed by atoms with Crippen LogP contribution in [-0.2, 0) is 6.54 Å². The first kappa shape index (κ1) is 18.0. The largest absolute Gasteiger partial charge is 0.454 e. The molecule has 2 aliphatic rings. The Kier molecular flexibility index (Phi) is 4.83. The molecular weight excluding hydrogens is 368 g/mol. The molecule has 1 fully saturated rings. The van der Waals surface area contributed by atoms with E-state index in [1.54, 1.807) is 6.20 Å². The second kappa shape index (κ2) is 7.77. The number of aromatic nitrogens is 3. The summed E-state index contributed by atoms with van der Waals surface area (Å²) in [6.45, 7) is 2.49. The Labute approximate surface area is 169 Å². The first-order valence-electron chi connectivity index (χ1n) is 9.78. The lowest BCUT2D eigenvalue weighted by atomic mass is 9.87. The van der Waals surface area contributed by atoms with Crippen LogP contribution in [0.1, 0.15) is 23.5 Å². The van der Waals surface area contributed by atoms with Gasteiger partial charge in [0.15, 0.2) is 17.3 Å². The Morgan fingerprint density at radius 3 is 2.69 bits per heavy atom. The number of benzene rings is 1. The van der Waals surface area contributed by atoms with Crippen molar-refractivity contribution in [2.45, 2.75) is 25.0 Å². The summed E-state index contributed by atoms with van der Waals surface area (Å²) in [5, 5.41) is 10.8. The van der Waals surface area contributed by atoms with Gasteiger partial charge in [-0.25, -0.2) is 9.97 Å². The molecule has 3 aromatic rings. The quantitative estimate of drug-likeness (QED) is 0.733. The van der Waals surface area contributed by atoms with Crippen molar-refractivity contribution in [2.75, 3.05) is 19.9 Å². The third kappa shape index (κ3) is 3.79. The Bertz CT molecular complexity index is 981. The fourth-order valence-corrected chi connectivity index (χ4v) is 4.00. The summed E-state index contributed by atoms with van der Waals surface area (Å²) in [6.07, 6.45) is 5.87. The lowest BCUT2D eigenvalue weighted by Gasteiger charge is -2.36. The number of likely N-dealkylation sites (tertiary alicyclic amines) is 1. The number of pyridine rings is 1. The molecule has 5 rings (SSSR count). The normalized spacial score (nSPS) is 21.3. The Hall–Kier alpha value is -3.03. The van der Waals surface area contributed by atoms with Crippen molar-refractivity contribution in [3.63, 3.8) is 0 Å². The molecule has 0 unspecified atom stereocenters. The number of aliphatic hydroxyl groups is 1. The van der Waals surface area contributed by atoms with Crippen LogP contribution in [0.25, 0.3) is 11.5 Å². The summed E-state index contributed by atoms with van der Waals surface area (Å²) in [5.74, 6) is 2.26. The Balaban J connectivity index is 1.22. The van der Waals surface area contributed by atoms with Gasteiger partial charge < -0.3 is 14.6 Å². The smallest absolute Gasteiger partial charge is 0.231 e. The number of ether oxygens (including phenoxy) is 2. The molecule has 29 heavy (non-hydrogen) atoms. The standard InChI is InChI=1S/C22H22N4O3/c27-19-13-26(8-6-17(19)16-4-5-20-21(9-16)29-14-28-20)12-15-10-24-22(25-11-15)18-3-1-2-7-23-18/h1-5,7,9-11,17,19,27H,6,8,12-14H2/t17-,19+/m0/s1. The van der Waals surface area contributed by atoms with Crippen molar-refractivity contribution in [1.82, 2.24) is 19.9 Å². The van der Waals surface area contributed by atoms with Gasteiger partial charge in [0.25, 0.3) is 0 Å². The SMILES string of the molecule is O[C@@H]1CN(Cc2cnc(-c3ccccn3)nc2)CC[C@H]1c1ccc2c(c1)OCO2. The van der Waals surface area contributed by atoms with Crippen molar-refractivity contribution in [1.29, 1.82) is 0 Å². The molecule has 0 aliphatic carbocycles. The van der Waals surface area contributed by atoms with E-state index in [-0.39, 0.29) is 12.7 Å². The van der Waals surface area contributed by atoms with Gasteiger partial charge in [0.2, 0.25) is 6.79 Å². The number of hydrogen-bond acceptors (Lipinski definition) is 7. The van der Waals surface area contributed by atoms with E-state index in [0.29, 0.717) is 18.9 Å². The maximum absolute atomic E-state index is 10.8. The number of aliphatic hydroxyl groups excluding tert-OH is 1. The van der Waals surface area contributed by atoms with Gasteiger partial charge in [-0.05, 0) is 42.8 Å². The van der Waals surface area contributed by atoms with E-state index in [1.807, 2.05) is 48.8 Å². The van der Waals surface area contributed by atoms with Gasteiger partial charge in [0.1, 0.15) is 5.69 Å². The van der Waals surface area contributed by atoms with E-state index < -0.39 is 6.10 Å². The molecule has 0 spiro atoms. The minimum atomic E-state index is -0.433. The van der Waals surface area contributed by atoms with Crippen LogP contribution in [-0.4, -0.2) is 50.9 Å². The van der Waals surface area contributed by atoms with Crippen LogP contribution in [0.2, 0.25) is 0 Å². The monoisotopic (exact) mass is 390 g/mol. The van der Waals surface area contributed by atoms with Crippen LogP contribution in [0.15, 0.2) is 55.0 Å². The van der Waals surface area contributed by atoms with Crippen molar-refractivity contribution in [3.8, 4) is 23.0 Å². The summed E-state index contributed by atoms with van der Waals surface area (Å²) in [6, 6.07) is 11.6. The van der Waals surface area contributed by atoms with Crippen molar-refractivity contribution >= 4 is 0 Å². The van der Waals surface area contributed by atoms with Crippen molar-refractivity contribution in [3.05, 3.63) is 66.1 Å². The van der Waals surface area contributed by atoms with E-state index >= 15 is 0 Å². The predicted octanol–water partition coefficient (Wildman–Crippen LogP) is 2.62. The number of piperidine rings is 1. The van der Waals surface area contributed by atoms with E-state index in [4.69, 9.17) is 9.47 Å². The van der Waals surface area contributed by atoms with E-state index in [2.05, 4.69) is 19.9 Å². The molecule has 4 heterocycles. The molecule has 1 N–H and O–H groups in total. The topological polar surface area (TPSA) is 80.6 Å². The molecule has 148 valence electrons. The molecule has 1 saturated heterocycles. The number of hydrogen-bond donors (Lipinski definition) is 1. The molecule has 0 radical (unpaired) electrons. The minimum absolute atomic E-state index is 0.100. The lowest BCUT2D eigenvalue weighted by molar-refractivity contribution is 0.0475. The van der Waals surface area contributed by atoms with Gasteiger partial charge >= 0.3 is 0 Å². The van der Waals surface area contributed by atoms with Crippen LogP contribution in [0.4, 0.5) is 0 Å². The molecule has 2 aliphatic heterocycles. The Morgan fingerprint density at radius 1 is 1.03 bits per heavy atom. The summed E-state index contributed by atoms with van der Waals surface area (Å²) < 4.78 is 10.9. The molecule has 0 amide bonds. The second-order valence-corrected chi connectivity index (χ2v) is 7.44. The van der Waals surface area contributed by atoms with Crippen LogP contribution in [0, 0.1) is 0 Å². The third-order valence-corrected chi connectivity index (χ3v) is 5.50. The third-order valence-electron chi connectivity index (χ3n) is 5.50. The van der Waals surface area contributed by atoms with Gasteiger partial charge in [-0.15, -0.1) is 0 Å². The summed E-state index contributed by atoms with van der Waals surface area (Å²) in [4.78, 5) is 15.4. The number of nitrogens with zero attached hydrogens (tertiary/aromatic N) is 4. The molecule has 0 saturated carbocycles. The van der Waals surface area contributed by atoms with Gasteiger partial charge in [-0.3, -0.25) is 9.88 Å². The molecule has 0 bridgehead atoms. The van der Waals surface area contributed by atoms with E-state index in [0.717, 1.165) is 41.3 Å². The zero-order chi connectivity index (χ0) is 19.6. The highest BCUT2D eigenvalue weighted by molar-refractivity contribution is 5.48. The highest BCUT2D eigenvalue weighted by Gasteiger charge is 2.30. The summed E-state index contributed by atoms with van der Waals surface area (Å²) in [5.41, 5.74) is 2.89. The second-order valence-electron chi connectivity index (χ2n) is 7.44. The molecule has 1 aromatic carbocycles. The maximum Gasteiger partial charge on any atom is 0.231 e. The van der Waals surface area contributed by atoms with Crippen LogP contribution < -0.4 is 9.47 Å². The fourth-order valence-electron chi connectivity index (χ4n) is 4.00. The van der Waals surface area contributed by atoms with Crippen LogP contribution >= 0.6 is 0 Å². The highest BCUT2D eigenvalue weighted by atomic mass is 16.7. The number of β-amino-alcohol motifs (C(OH)–C–C–N with tert-alkyl or cyclic N) is 1. The Morgan fingerprint density at radius 2 is 1.90 bits per heavy atom.